The minimum Gasteiger partial charge on any atom is -0.380 e. The fourth-order valence-electron chi connectivity index (χ4n) is 3.55. The summed E-state index contributed by atoms with van der Waals surface area (Å²) in [6, 6.07) is 10.3. The highest BCUT2D eigenvalue weighted by atomic mass is 32.2. The number of likely N-dealkylation sites (tertiary alicyclic amines) is 1. The molecule has 1 unspecified atom stereocenters. The highest BCUT2D eigenvalue weighted by molar-refractivity contribution is 7.89. The number of hydrogen-bond acceptors (Lipinski definition) is 4. The van der Waals surface area contributed by atoms with Crippen LogP contribution in [-0.4, -0.2) is 58.0 Å². The molecule has 1 atom stereocenters. The molecular weight excluding hydrogens is 324 g/mol. The molecule has 24 heavy (non-hydrogen) atoms. The van der Waals surface area contributed by atoms with Gasteiger partial charge in [-0.25, -0.2) is 13.1 Å². The summed E-state index contributed by atoms with van der Waals surface area (Å²) in [4.78, 5) is 2.51. The second-order valence-electron chi connectivity index (χ2n) is 6.90. The molecule has 0 spiro atoms. The second-order valence-corrected chi connectivity index (χ2v) is 8.83. The molecule has 2 aliphatic rings. The Labute approximate surface area is 145 Å². The van der Waals surface area contributed by atoms with Gasteiger partial charge in [0.15, 0.2) is 0 Å². The van der Waals surface area contributed by atoms with Crippen LogP contribution in [0.2, 0.25) is 0 Å². The Kier molecular flexibility index (Phi) is 6.27. The molecule has 2 heterocycles. The van der Waals surface area contributed by atoms with Crippen LogP contribution >= 0.6 is 0 Å². The lowest BCUT2D eigenvalue weighted by Gasteiger charge is -2.35. The molecule has 1 aromatic rings. The number of aryl methyl sites for hydroxylation is 1. The van der Waals surface area contributed by atoms with Crippen LogP contribution in [-0.2, 0) is 21.2 Å². The van der Waals surface area contributed by atoms with Crippen molar-refractivity contribution < 1.29 is 13.2 Å². The molecule has 0 amide bonds. The first-order chi connectivity index (χ1) is 11.6. The molecule has 134 valence electrons. The van der Waals surface area contributed by atoms with Gasteiger partial charge in [0.1, 0.15) is 0 Å². The van der Waals surface area contributed by atoms with Crippen LogP contribution in [0.5, 0.6) is 0 Å². The molecular formula is C18H28N2O3S. The zero-order valence-corrected chi connectivity index (χ0v) is 15.0. The lowest BCUT2D eigenvalue weighted by Crippen LogP contribution is -2.44. The summed E-state index contributed by atoms with van der Waals surface area (Å²) in [6.07, 6.45) is 3.84. The molecule has 1 N–H and O–H groups in total. The van der Waals surface area contributed by atoms with E-state index in [2.05, 4.69) is 9.62 Å². The van der Waals surface area contributed by atoms with E-state index in [1.54, 1.807) is 0 Å². The Morgan fingerprint density at radius 1 is 1.12 bits per heavy atom. The van der Waals surface area contributed by atoms with Crippen LogP contribution in [0.1, 0.15) is 24.8 Å². The van der Waals surface area contributed by atoms with Gasteiger partial charge in [-0.2, -0.15) is 0 Å². The smallest absolute Gasteiger partial charge is 0.211 e. The fraction of sp³-hybridized carbons (Fsp3) is 0.667. The minimum absolute atomic E-state index is 0.162. The van der Waals surface area contributed by atoms with E-state index in [-0.39, 0.29) is 5.75 Å². The lowest BCUT2D eigenvalue weighted by atomic mass is 9.96. The molecule has 0 aromatic heterocycles. The maximum atomic E-state index is 12.2. The molecule has 0 saturated carbocycles. The van der Waals surface area contributed by atoms with Gasteiger partial charge < -0.3 is 4.74 Å². The summed E-state index contributed by atoms with van der Waals surface area (Å²) in [5.74, 6) is 0.616. The van der Waals surface area contributed by atoms with Crippen molar-refractivity contribution in [2.45, 2.75) is 31.7 Å². The van der Waals surface area contributed by atoms with Crippen molar-refractivity contribution in [3.8, 4) is 0 Å². The molecule has 2 saturated heterocycles. The van der Waals surface area contributed by atoms with Gasteiger partial charge in [0, 0.05) is 19.2 Å². The Bertz CT molecular complexity index is 592. The molecule has 0 bridgehead atoms. The summed E-state index contributed by atoms with van der Waals surface area (Å²) in [5.41, 5.74) is 1.06. The van der Waals surface area contributed by atoms with Gasteiger partial charge in [0.2, 0.25) is 10.0 Å². The lowest BCUT2D eigenvalue weighted by molar-refractivity contribution is 0.111. The van der Waals surface area contributed by atoms with E-state index < -0.39 is 10.0 Å². The van der Waals surface area contributed by atoms with Crippen molar-refractivity contribution in [1.29, 1.82) is 0 Å². The van der Waals surface area contributed by atoms with Crippen LogP contribution in [0, 0.1) is 5.92 Å². The number of nitrogens with zero attached hydrogens (tertiary/aromatic N) is 1. The summed E-state index contributed by atoms with van der Waals surface area (Å²) in [7, 11) is -3.19. The maximum Gasteiger partial charge on any atom is 0.211 e. The Morgan fingerprint density at radius 3 is 2.54 bits per heavy atom. The largest absolute Gasteiger partial charge is 0.380 e. The number of piperidine rings is 1. The second kappa shape index (κ2) is 8.43. The molecule has 5 nitrogen and oxygen atoms in total. The quantitative estimate of drug-likeness (QED) is 0.811. The highest BCUT2D eigenvalue weighted by Gasteiger charge is 2.28. The molecule has 1 aromatic carbocycles. The summed E-state index contributed by atoms with van der Waals surface area (Å²) >= 11 is 0. The van der Waals surface area contributed by atoms with E-state index in [0.29, 0.717) is 24.9 Å². The predicted octanol–water partition coefficient (Wildman–Crippen LogP) is 1.65. The fourth-order valence-corrected chi connectivity index (χ4v) is 4.68. The van der Waals surface area contributed by atoms with Gasteiger partial charge >= 0.3 is 0 Å². The van der Waals surface area contributed by atoms with E-state index >= 15 is 0 Å². The number of benzene rings is 1. The van der Waals surface area contributed by atoms with E-state index in [1.165, 1.54) is 0 Å². The zero-order chi connectivity index (χ0) is 16.8. The maximum absolute atomic E-state index is 12.2. The van der Waals surface area contributed by atoms with Gasteiger partial charge in [-0.3, -0.25) is 4.90 Å². The zero-order valence-electron chi connectivity index (χ0n) is 14.2. The van der Waals surface area contributed by atoms with Gasteiger partial charge in [-0.15, -0.1) is 0 Å². The summed E-state index contributed by atoms with van der Waals surface area (Å²) < 4.78 is 32.6. The number of ether oxygens (including phenoxy) is 1. The average molecular weight is 353 g/mol. The van der Waals surface area contributed by atoms with Gasteiger partial charge in [0.05, 0.1) is 12.4 Å². The van der Waals surface area contributed by atoms with Crippen LogP contribution < -0.4 is 4.72 Å². The standard InChI is InChI=1S/C18H28N2O3S/c21-24(22,13-9-16-4-2-1-3-5-16)19-14-17-6-10-20(11-7-17)18-8-12-23-15-18/h1-5,17-19H,6-15H2. The van der Waals surface area contributed by atoms with Crippen LogP contribution in [0.25, 0.3) is 0 Å². The number of rotatable bonds is 7. The van der Waals surface area contributed by atoms with E-state index in [4.69, 9.17) is 4.74 Å². The third-order valence-corrected chi connectivity index (χ3v) is 6.51. The first-order valence-electron chi connectivity index (χ1n) is 8.95. The predicted molar refractivity (Wildman–Crippen MR) is 95.5 cm³/mol. The Morgan fingerprint density at radius 2 is 1.88 bits per heavy atom. The Hall–Kier alpha value is -0.950. The van der Waals surface area contributed by atoms with Gasteiger partial charge in [-0.05, 0) is 50.3 Å². The van der Waals surface area contributed by atoms with Crippen molar-refractivity contribution in [2.75, 3.05) is 38.6 Å². The van der Waals surface area contributed by atoms with Crippen LogP contribution in [0.4, 0.5) is 0 Å². The average Bonchev–Trinajstić information content (AvgIpc) is 3.15. The van der Waals surface area contributed by atoms with Crippen molar-refractivity contribution >= 4 is 10.0 Å². The summed E-state index contributed by atoms with van der Waals surface area (Å²) in [5, 5.41) is 0. The van der Waals surface area contributed by atoms with Crippen molar-refractivity contribution in [3.63, 3.8) is 0 Å². The topological polar surface area (TPSA) is 58.6 Å². The normalized spacial score (nSPS) is 23.6. The van der Waals surface area contributed by atoms with Crippen molar-refractivity contribution in [2.24, 2.45) is 5.92 Å². The molecule has 0 aliphatic carbocycles. The van der Waals surface area contributed by atoms with Crippen molar-refractivity contribution in [1.82, 2.24) is 9.62 Å². The number of hydrogen-bond donors (Lipinski definition) is 1. The van der Waals surface area contributed by atoms with E-state index in [0.717, 1.165) is 51.1 Å². The van der Waals surface area contributed by atoms with Gasteiger partial charge in [0.25, 0.3) is 0 Å². The Balaban J connectivity index is 1.37. The third kappa shape index (κ3) is 5.28. The first kappa shape index (κ1) is 17.9. The number of sulfonamides is 1. The third-order valence-electron chi connectivity index (χ3n) is 5.17. The number of nitrogens with one attached hydrogen (secondary N) is 1. The molecule has 3 rings (SSSR count). The van der Waals surface area contributed by atoms with Gasteiger partial charge in [-0.1, -0.05) is 30.3 Å². The molecule has 2 fully saturated rings. The molecule has 0 radical (unpaired) electrons. The van der Waals surface area contributed by atoms with E-state index in [1.807, 2.05) is 30.3 Å². The highest BCUT2D eigenvalue weighted by Crippen LogP contribution is 2.22. The SMILES string of the molecule is O=S(=O)(CCc1ccccc1)NCC1CCN(C2CCOC2)CC1. The van der Waals surface area contributed by atoms with Crippen LogP contribution in [0.15, 0.2) is 30.3 Å². The monoisotopic (exact) mass is 352 g/mol. The van der Waals surface area contributed by atoms with E-state index in [9.17, 15) is 8.42 Å². The molecule has 2 aliphatic heterocycles. The van der Waals surface area contributed by atoms with Crippen molar-refractivity contribution in [3.05, 3.63) is 35.9 Å². The first-order valence-corrected chi connectivity index (χ1v) is 10.6. The van der Waals surface area contributed by atoms with Crippen LogP contribution in [0.3, 0.4) is 0 Å². The summed E-state index contributed by atoms with van der Waals surface area (Å²) in [6.45, 7) is 4.43. The minimum atomic E-state index is -3.19. The molecule has 6 heteroatoms.